The number of carbonyl (C=O) groups is 2. The molecule has 0 saturated heterocycles. The Kier molecular flexibility index (Phi) is 8.43. The highest BCUT2D eigenvalue weighted by molar-refractivity contribution is 5.78. The summed E-state index contributed by atoms with van der Waals surface area (Å²) < 4.78 is 10.9. The van der Waals surface area contributed by atoms with Crippen molar-refractivity contribution in [3.63, 3.8) is 0 Å². The highest BCUT2D eigenvalue weighted by Gasteiger charge is 2.38. The predicted octanol–water partition coefficient (Wildman–Crippen LogP) is 3.66. The van der Waals surface area contributed by atoms with Gasteiger partial charge in [0.2, 0.25) is 0 Å². The molecule has 0 aromatic heterocycles. The molecule has 0 spiro atoms. The smallest absolute Gasteiger partial charge is 0.312 e. The van der Waals surface area contributed by atoms with Crippen LogP contribution in [0.2, 0.25) is 0 Å². The maximum absolute atomic E-state index is 12.4. The van der Waals surface area contributed by atoms with E-state index >= 15 is 0 Å². The van der Waals surface area contributed by atoms with Gasteiger partial charge in [-0.1, -0.05) is 6.92 Å². The molecule has 0 aromatic carbocycles. The zero-order chi connectivity index (χ0) is 19.2. The zero-order valence-corrected chi connectivity index (χ0v) is 17.1. The lowest BCUT2D eigenvalue weighted by atomic mass is 9.76. The van der Waals surface area contributed by atoms with Crippen LogP contribution < -0.4 is 0 Å². The summed E-state index contributed by atoms with van der Waals surface area (Å²) in [5.74, 6) is -0.415. The Hall–Kier alpha value is -1.10. The number of likely N-dealkylation sites (N-methyl/N-ethyl adjacent to an activating group) is 1. The number of esters is 2. The van der Waals surface area contributed by atoms with Gasteiger partial charge in [0.15, 0.2) is 0 Å². The summed E-state index contributed by atoms with van der Waals surface area (Å²) in [6, 6.07) is 0. The molecule has 0 radical (unpaired) electrons. The average Bonchev–Trinajstić information content (AvgIpc) is 2.42. The van der Waals surface area contributed by atoms with Crippen LogP contribution in [-0.2, 0) is 19.1 Å². The van der Waals surface area contributed by atoms with Crippen LogP contribution in [0.4, 0.5) is 0 Å². The maximum Gasteiger partial charge on any atom is 0.312 e. The Labute approximate surface area is 148 Å². The summed E-state index contributed by atoms with van der Waals surface area (Å²) >= 11 is 0. The molecule has 0 aromatic rings. The van der Waals surface area contributed by atoms with Crippen LogP contribution in [0, 0.1) is 10.8 Å². The second-order valence-corrected chi connectivity index (χ2v) is 8.74. The van der Waals surface area contributed by atoms with Crippen molar-refractivity contribution in [3.8, 4) is 0 Å². The predicted molar refractivity (Wildman–Crippen MR) is 96.8 cm³/mol. The highest BCUT2D eigenvalue weighted by atomic mass is 16.6. The minimum absolute atomic E-state index is 0.188. The first-order valence-corrected chi connectivity index (χ1v) is 8.79. The molecule has 0 rings (SSSR count). The molecule has 5 heteroatoms. The number of nitrogens with zero attached hydrogens (tertiary/aromatic N) is 1. The second kappa shape index (κ2) is 8.84. The molecule has 5 nitrogen and oxygen atoms in total. The van der Waals surface area contributed by atoms with Crippen LogP contribution in [0.15, 0.2) is 0 Å². The Balaban J connectivity index is 4.74. The number of hydrogen-bond donors (Lipinski definition) is 0. The van der Waals surface area contributed by atoms with Crippen molar-refractivity contribution in [2.75, 3.05) is 27.2 Å². The van der Waals surface area contributed by atoms with Gasteiger partial charge >= 0.3 is 11.9 Å². The molecular formula is C19H37NO4. The first-order chi connectivity index (χ1) is 10.7. The molecule has 0 aliphatic rings. The maximum atomic E-state index is 12.4. The molecule has 0 fully saturated rings. The number of carbonyl (C=O) groups excluding carboxylic acids is 2. The van der Waals surface area contributed by atoms with Crippen molar-refractivity contribution >= 4 is 11.9 Å². The summed E-state index contributed by atoms with van der Waals surface area (Å²) in [6.07, 6.45) is 1.85. The normalized spacial score (nSPS) is 15.1. The molecule has 0 amide bonds. The van der Waals surface area contributed by atoms with Crippen LogP contribution in [-0.4, -0.2) is 49.7 Å². The SMILES string of the molecule is CCC(C)(CCC(C)(C)C(=O)OC(C)(C)C)C(=O)OCCN(C)C. The molecule has 0 aliphatic carbocycles. The van der Waals surface area contributed by atoms with E-state index in [9.17, 15) is 9.59 Å². The Morgan fingerprint density at radius 2 is 1.46 bits per heavy atom. The van der Waals surface area contributed by atoms with Crippen molar-refractivity contribution in [1.29, 1.82) is 0 Å². The van der Waals surface area contributed by atoms with E-state index in [0.717, 1.165) is 0 Å². The van der Waals surface area contributed by atoms with Crippen LogP contribution >= 0.6 is 0 Å². The van der Waals surface area contributed by atoms with E-state index < -0.39 is 16.4 Å². The monoisotopic (exact) mass is 343 g/mol. The standard InChI is InChI=1S/C19H37NO4/c1-10-19(7,16(22)23-14-13-20(8)9)12-11-18(5,6)15(21)24-17(2,3)4/h10-14H2,1-9H3. The molecule has 0 saturated carbocycles. The van der Waals surface area contributed by atoms with E-state index in [-0.39, 0.29) is 11.9 Å². The van der Waals surface area contributed by atoms with Crippen LogP contribution in [0.25, 0.3) is 0 Å². The van der Waals surface area contributed by atoms with Crippen LogP contribution in [0.1, 0.15) is 67.7 Å². The van der Waals surface area contributed by atoms with E-state index in [1.807, 2.05) is 67.5 Å². The minimum atomic E-state index is -0.631. The number of rotatable bonds is 9. The van der Waals surface area contributed by atoms with Gasteiger partial charge in [0.05, 0.1) is 10.8 Å². The molecule has 0 heterocycles. The third-order valence-corrected chi connectivity index (χ3v) is 4.30. The lowest BCUT2D eigenvalue weighted by molar-refractivity contribution is -0.168. The Morgan fingerprint density at radius 3 is 1.88 bits per heavy atom. The van der Waals surface area contributed by atoms with E-state index in [2.05, 4.69) is 0 Å². The van der Waals surface area contributed by atoms with Gasteiger partial charge in [-0.3, -0.25) is 9.59 Å². The van der Waals surface area contributed by atoms with Gasteiger partial charge in [0.25, 0.3) is 0 Å². The Bertz CT molecular complexity index is 424. The number of hydrogen-bond acceptors (Lipinski definition) is 5. The van der Waals surface area contributed by atoms with E-state index in [4.69, 9.17) is 9.47 Å². The lowest BCUT2D eigenvalue weighted by Crippen LogP contribution is -2.37. The summed E-state index contributed by atoms with van der Waals surface area (Å²) in [4.78, 5) is 26.8. The van der Waals surface area contributed by atoms with Gasteiger partial charge in [0.1, 0.15) is 12.2 Å². The average molecular weight is 344 g/mol. The van der Waals surface area contributed by atoms with Gasteiger partial charge in [-0.05, 0) is 74.9 Å². The second-order valence-electron chi connectivity index (χ2n) is 8.74. The van der Waals surface area contributed by atoms with Gasteiger partial charge in [-0.2, -0.15) is 0 Å². The third kappa shape index (κ3) is 8.13. The summed E-state index contributed by atoms with van der Waals surface area (Å²) in [7, 11) is 3.88. The van der Waals surface area contributed by atoms with Crippen LogP contribution in [0.5, 0.6) is 0 Å². The van der Waals surface area contributed by atoms with Crippen LogP contribution in [0.3, 0.4) is 0 Å². The molecule has 24 heavy (non-hydrogen) atoms. The zero-order valence-electron chi connectivity index (χ0n) is 17.1. The minimum Gasteiger partial charge on any atom is -0.464 e. The topological polar surface area (TPSA) is 55.8 Å². The summed E-state index contributed by atoms with van der Waals surface area (Å²) in [5, 5.41) is 0. The quantitative estimate of drug-likeness (QED) is 0.598. The molecular weight excluding hydrogens is 306 g/mol. The third-order valence-electron chi connectivity index (χ3n) is 4.30. The molecule has 0 aliphatic heterocycles. The van der Waals surface area contributed by atoms with Crippen molar-refractivity contribution in [2.24, 2.45) is 10.8 Å². The molecule has 1 atom stereocenters. The van der Waals surface area contributed by atoms with Crippen molar-refractivity contribution < 1.29 is 19.1 Å². The lowest BCUT2D eigenvalue weighted by Gasteiger charge is -2.32. The van der Waals surface area contributed by atoms with E-state index in [0.29, 0.717) is 32.4 Å². The van der Waals surface area contributed by atoms with Crippen molar-refractivity contribution in [3.05, 3.63) is 0 Å². The first kappa shape index (κ1) is 22.9. The van der Waals surface area contributed by atoms with Gasteiger partial charge in [-0.15, -0.1) is 0 Å². The fourth-order valence-electron chi connectivity index (χ4n) is 2.03. The summed E-state index contributed by atoms with van der Waals surface area (Å²) in [6.45, 7) is 14.3. The van der Waals surface area contributed by atoms with Gasteiger partial charge in [0, 0.05) is 6.54 Å². The number of ether oxygens (including phenoxy) is 2. The molecule has 0 N–H and O–H groups in total. The molecule has 0 bridgehead atoms. The van der Waals surface area contributed by atoms with Crippen molar-refractivity contribution in [1.82, 2.24) is 4.90 Å². The fraction of sp³-hybridized carbons (Fsp3) is 0.895. The van der Waals surface area contributed by atoms with E-state index in [1.165, 1.54) is 0 Å². The molecule has 142 valence electrons. The van der Waals surface area contributed by atoms with E-state index in [1.54, 1.807) is 0 Å². The van der Waals surface area contributed by atoms with Crippen molar-refractivity contribution in [2.45, 2.75) is 73.3 Å². The first-order valence-electron chi connectivity index (χ1n) is 8.79. The Morgan fingerprint density at radius 1 is 0.917 bits per heavy atom. The molecule has 1 unspecified atom stereocenters. The largest absolute Gasteiger partial charge is 0.464 e. The fourth-order valence-corrected chi connectivity index (χ4v) is 2.03. The highest BCUT2D eigenvalue weighted by Crippen LogP contribution is 2.36. The van der Waals surface area contributed by atoms with Gasteiger partial charge in [-0.25, -0.2) is 0 Å². The summed E-state index contributed by atoms with van der Waals surface area (Å²) in [5.41, 5.74) is -1.72. The van der Waals surface area contributed by atoms with Gasteiger partial charge < -0.3 is 14.4 Å².